The molecule has 1 aromatic heterocycles. The molecule has 0 atom stereocenters. The fourth-order valence-corrected chi connectivity index (χ4v) is 4.36. The number of anilines is 1. The second-order valence-corrected chi connectivity index (χ2v) is 8.96. The van der Waals surface area contributed by atoms with Crippen LogP contribution in [0, 0.1) is 6.92 Å². The molecule has 5 rings (SSSR count). The number of benzene rings is 3. The maximum absolute atomic E-state index is 13.3. The molecule has 6 nitrogen and oxygen atoms in total. The molecule has 4 aromatic rings. The minimum atomic E-state index is -0.764. The van der Waals surface area contributed by atoms with Crippen molar-refractivity contribution in [1.82, 2.24) is 9.88 Å². The number of carbonyl (C=O) groups is 3. The van der Waals surface area contributed by atoms with Gasteiger partial charge in [0.05, 0.1) is 5.69 Å². The summed E-state index contributed by atoms with van der Waals surface area (Å²) >= 11 is 3.43. The largest absolute Gasteiger partial charge is 0.342 e. The fourth-order valence-electron chi connectivity index (χ4n) is 4.12. The number of rotatable bonds is 4. The molecule has 168 valence electrons. The van der Waals surface area contributed by atoms with Gasteiger partial charge < -0.3 is 4.57 Å². The molecule has 0 radical (unpaired) electrons. The van der Waals surface area contributed by atoms with Gasteiger partial charge in [-0.1, -0.05) is 64.5 Å². The van der Waals surface area contributed by atoms with Gasteiger partial charge in [-0.15, -0.1) is 0 Å². The first-order chi connectivity index (χ1) is 16.4. The van der Waals surface area contributed by atoms with E-state index in [1.54, 1.807) is 24.3 Å². The minimum Gasteiger partial charge on any atom is -0.342 e. The SMILES string of the molecule is Cc1cc(N2C(=O)NC(=O)/C(=C\c3cn(Cc4ccccc4)c4ccccc34)C2=O)ccc1Br. The highest BCUT2D eigenvalue weighted by atomic mass is 79.9. The number of imide groups is 2. The van der Waals surface area contributed by atoms with E-state index in [0.29, 0.717) is 12.2 Å². The number of nitrogens with zero attached hydrogens (tertiary/aromatic N) is 2. The minimum absolute atomic E-state index is 0.0946. The van der Waals surface area contributed by atoms with E-state index in [2.05, 4.69) is 37.9 Å². The lowest BCUT2D eigenvalue weighted by Gasteiger charge is -2.26. The summed E-state index contributed by atoms with van der Waals surface area (Å²) in [5, 5.41) is 3.21. The van der Waals surface area contributed by atoms with Crippen molar-refractivity contribution in [3.63, 3.8) is 0 Å². The first-order valence-electron chi connectivity index (χ1n) is 10.7. The summed E-state index contributed by atoms with van der Waals surface area (Å²) in [6, 6.07) is 22.3. The van der Waals surface area contributed by atoms with E-state index in [9.17, 15) is 14.4 Å². The van der Waals surface area contributed by atoms with Gasteiger partial charge in [-0.25, -0.2) is 9.69 Å². The third-order valence-electron chi connectivity index (χ3n) is 5.82. The Morgan fingerprint density at radius 2 is 1.68 bits per heavy atom. The summed E-state index contributed by atoms with van der Waals surface area (Å²) in [7, 11) is 0. The second-order valence-electron chi connectivity index (χ2n) is 8.11. The Morgan fingerprint density at radius 3 is 2.44 bits per heavy atom. The Balaban J connectivity index is 1.57. The number of aryl methyl sites for hydroxylation is 1. The molecule has 0 bridgehead atoms. The van der Waals surface area contributed by atoms with Gasteiger partial charge in [-0.2, -0.15) is 0 Å². The zero-order valence-electron chi connectivity index (χ0n) is 18.3. The summed E-state index contributed by atoms with van der Waals surface area (Å²) in [5.41, 5.74) is 4.02. The summed E-state index contributed by atoms with van der Waals surface area (Å²) < 4.78 is 2.95. The van der Waals surface area contributed by atoms with Crippen molar-refractivity contribution in [2.24, 2.45) is 0 Å². The number of urea groups is 1. The number of barbiturate groups is 1. The van der Waals surface area contributed by atoms with Gasteiger partial charge in [0.25, 0.3) is 11.8 Å². The molecule has 0 aliphatic carbocycles. The molecule has 1 saturated heterocycles. The first kappa shape index (κ1) is 21.9. The van der Waals surface area contributed by atoms with Crippen LogP contribution in [-0.4, -0.2) is 22.4 Å². The van der Waals surface area contributed by atoms with Crippen LogP contribution < -0.4 is 10.2 Å². The summed E-state index contributed by atoms with van der Waals surface area (Å²) in [6.45, 7) is 2.51. The number of hydrogen-bond acceptors (Lipinski definition) is 3. The molecule has 1 fully saturated rings. The third-order valence-corrected chi connectivity index (χ3v) is 6.71. The van der Waals surface area contributed by atoms with E-state index in [1.165, 1.54) is 0 Å². The van der Waals surface area contributed by atoms with Crippen LogP contribution in [0.4, 0.5) is 10.5 Å². The number of hydrogen-bond donors (Lipinski definition) is 1. The number of fused-ring (bicyclic) bond motifs is 1. The lowest BCUT2D eigenvalue weighted by Crippen LogP contribution is -2.54. The van der Waals surface area contributed by atoms with Gasteiger partial charge in [0.2, 0.25) is 0 Å². The maximum atomic E-state index is 13.3. The number of halogens is 1. The van der Waals surface area contributed by atoms with Crippen molar-refractivity contribution in [2.45, 2.75) is 13.5 Å². The van der Waals surface area contributed by atoms with Crippen LogP contribution in [0.15, 0.2) is 89.0 Å². The maximum Gasteiger partial charge on any atom is 0.335 e. The molecule has 0 unspecified atom stereocenters. The lowest BCUT2D eigenvalue weighted by molar-refractivity contribution is -0.122. The third kappa shape index (κ3) is 3.95. The zero-order chi connectivity index (χ0) is 23.8. The summed E-state index contributed by atoms with van der Waals surface area (Å²) in [6.07, 6.45) is 3.49. The van der Waals surface area contributed by atoms with Crippen LogP contribution in [0.2, 0.25) is 0 Å². The normalized spacial score (nSPS) is 15.3. The molecule has 1 N–H and O–H groups in total. The topological polar surface area (TPSA) is 71.4 Å². The molecule has 2 heterocycles. The van der Waals surface area contributed by atoms with Gasteiger partial charge in [-0.3, -0.25) is 14.9 Å². The van der Waals surface area contributed by atoms with Crippen molar-refractivity contribution in [1.29, 1.82) is 0 Å². The highest BCUT2D eigenvalue weighted by molar-refractivity contribution is 9.10. The molecule has 7 heteroatoms. The van der Waals surface area contributed by atoms with Crippen LogP contribution in [-0.2, 0) is 16.1 Å². The zero-order valence-corrected chi connectivity index (χ0v) is 19.9. The summed E-state index contributed by atoms with van der Waals surface area (Å²) in [5.74, 6) is -1.37. The van der Waals surface area contributed by atoms with Gasteiger partial charge in [0.15, 0.2) is 0 Å². The Labute approximate surface area is 204 Å². The van der Waals surface area contributed by atoms with E-state index in [1.807, 2.05) is 55.6 Å². The molecular weight excluding hydrogens is 494 g/mol. The van der Waals surface area contributed by atoms with Gasteiger partial charge >= 0.3 is 6.03 Å². The van der Waals surface area contributed by atoms with Gasteiger partial charge in [-0.05, 0) is 48.4 Å². The molecular formula is C27H20BrN3O3. The predicted octanol–water partition coefficient (Wildman–Crippen LogP) is 5.43. The average molecular weight is 514 g/mol. The van der Waals surface area contributed by atoms with Crippen LogP contribution in [0.25, 0.3) is 17.0 Å². The quantitative estimate of drug-likeness (QED) is 0.292. The Bertz CT molecular complexity index is 1490. The number of carbonyl (C=O) groups excluding carboxylic acids is 3. The number of amides is 4. The highest BCUT2D eigenvalue weighted by Gasteiger charge is 2.37. The van der Waals surface area contributed by atoms with Crippen LogP contribution in [0.5, 0.6) is 0 Å². The number of para-hydroxylation sites is 1. The standard InChI is InChI=1S/C27H20BrN3O3/c1-17-13-20(11-12-23(17)28)31-26(33)22(25(32)29-27(31)34)14-19-16-30(15-18-7-3-2-4-8-18)24-10-6-5-9-21(19)24/h2-14,16H,15H2,1H3,(H,29,32,34)/b22-14+. The Kier molecular flexibility index (Phi) is 5.63. The van der Waals surface area contributed by atoms with Gasteiger partial charge in [0, 0.05) is 33.7 Å². The van der Waals surface area contributed by atoms with Crippen LogP contribution in [0.1, 0.15) is 16.7 Å². The molecule has 0 saturated carbocycles. The van der Waals surface area contributed by atoms with E-state index in [4.69, 9.17) is 0 Å². The van der Waals surface area contributed by atoms with Crippen molar-refractivity contribution < 1.29 is 14.4 Å². The van der Waals surface area contributed by atoms with Crippen molar-refractivity contribution >= 4 is 56.4 Å². The van der Waals surface area contributed by atoms with E-state index >= 15 is 0 Å². The number of aromatic nitrogens is 1. The van der Waals surface area contributed by atoms with Crippen LogP contribution in [0.3, 0.4) is 0 Å². The highest BCUT2D eigenvalue weighted by Crippen LogP contribution is 2.29. The van der Waals surface area contributed by atoms with E-state index in [-0.39, 0.29) is 5.57 Å². The lowest BCUT2D eigenvalue weighted by atomic mass is 10.1. The monoisotopic (exact) mass is 513 g/mol. The molecule has 1 aliphatic rings. The molecule has 0 spiro atoms. The van der Waals surface area contributed by atoms with E-state index < -0.39 is 17.8 Å². The molecule has 1 aliphatic heterocycles. The molecule has 4 amide bonds. The number of nitrogens with one attached hydrogen (secondary N) is 1. The Hall–Kier alpha value is -3.97. The van der Waals surface area contributed by atoms with Gasteiger partial charge in [0.1, 0.15) is 5.57 Å². The van der Waals surface area contributed by atoms with Crippen molar-refractivity contribution in [3.8, 4) is 0 Å². The van der Waals surface area contributed by atoms with E-state index in [0.717, 1.165) is 37.0 Å². The Morgan fingerprint density at radius 1 is 0.941 bits per heavy atom. The fraction of sp³-hybridized carbons (Fsp3) is 0.0741. The summed E-state index contributed by atoms with van der Waals surface area (Å²) in [4.78, 5) is 39.6. The predicted molar refractivity (Wildman–Crippen MR) is 135 cm³/mol. The van der Waals surface area contributed by atoms with Crippen molar-refractivity contribution in [3.05, 3.63) is 106 Å². The second kappa shape index (κ2) is 8.76. The van der Waals surface area contributed by atoms with Crippen molar-refractivity contribution in [2.75, 3.05) is 4.90 Å². The average Bonchev–Trinajstić information content (AvgIpc) is 3.17. The molecule has 3 aromatic carbocycles. The first-order valence-corrected chi connectivity index (χ1v) is 11.5. The van der Waals surface area contributed by atoms with Crippen LogP contribution >= 0.6 is 15.9 Å². The smallest absolute Gasteiger partial charge is 0.335 e. The molecule has 34 heavy (non-hydrogen) atoms.